The number of anilines is 1. The molecule has 5 heteroatoms. The first-order valence-electron chi connectivity index (χ1n) is 5.32. The number of nitrogens with one attached hydrogen (secondary N) is 1. The van der Waals surface area contributed by atoms with E-state index in [2.05, 4.69) is 5.32 Å². The maximum atomic E-state index is 11.5. The van der Waals surface area contributed by atoms with Gasteiger partial charge in [0.2, 0.25) is 11.8 Å². The summed E-state index contributed by atoms with van der Waals surface area (Å²) in [5.41, 5.74) is 6.78. The van der Waals surface area contributed by atoms with Gasteiger partial charge in [-0.05, 0) is 17.7 Å². The highest BCUT2D eigenvalue weighted by Crippen LogP contribution is 2.10. The van der Waals surface area contributed by atoms with Gasteiger partial charge in [0, 0.05) is 19.8 Å². The molecule has 0 radical (unpaired) electrons. The SMILES string of the molecule is CN(C)C(=O)Cc1ccc(NC(=O)CN)cc1. The smallest absolute Gasteiger partial charge is 0.238 e. The Balaban J connectivity index is 2.62. The molecule has 92 valence electrons. The van der Waals surface area contributed by atoms with Crippen LogP contribution in [-0.4, -0.2) is 37.4 Å². The van der Waals surface area contributed by atoms with E-state index in [9.17, 15) is 9.59 Å². The Morgan fingerprint density at radius 3 is 2.29 bits per heavy atom. The van der Waals surface area contributed by atoms with Gasteiger partial charge in [-0.3, -0.25) is 9.59 Å². The van der Waals surface area contributed by atoms with E-state index in [-0.39, 0.29) is 18.4 Å². The van der Waals surface area contributed by atoms with Gasteiger partial charge in [-0.2, -0.15) is 0 Å². The molecule has 1 rings (SSSR count). The predicted octanol–water partition coefficient (Wildman–Crippen LogP) is 0.215. The van der Waals surface area contributed by atoms with E-state index >= 15 is 0 Å². The van der Waals surface area contributed by atoms with Gasteiger partial charge in [-0.25, -0.2) is 0 Å². The van der Waals surface area contributed by atoms with Crippen LogP contribution in [0.2, 0.25) is 0 Å². The zero-order valence-electron chi connectivity index (χ0n) is 10.1. The fraction of sp³-hybridized carbons (Fsp3) is 0.333. The Morgan fingerprint density at radius 2 is 1.82 bits per heavy atom. The molecule has 0 aliphatic rings. The summed E-state index contributed by atoms with van der Waals surface area (Å²) in [4.78, 5) is 24.0. The Hall–Kier alpha value is -1.88. The number of nitrogens with zero attached hydrogens (tertiary/aromatic N) is 1. The van der Waals surface area contributed by atoms with Gasteiger partial charge in [0.15, 0.2) is 0 Å². The third-order valence-corrected chi connectivity index (χ3v) is 2.28. The second kappa shape index (κ2) is 6.00. The van der Waals surface area contributed by atoms with E-state index in [1.54, 1.807) is 31.1 Å². The lowest BCUT2D eigenvalue weighted by molar-refractivity contribution is -0.128. The quantitative estimate of drug-likeness (QED) is 0.783. The van der Waals surface area contributed by atoms with Crippen LogP contribution in [0.1, 0.15) is 5.56 Å². The molecule has 5 nitrogen and oxygen atoms in total. The molecule has 0 spiro atoms. The van der Waals surface area contributed by atoms with Crippen LogP contribution in [-0.2, 0) is 16.0 Å². The molecule has 0 saturated carbocycles. The van der Waals surface area contributed by atoms with Crippen molar-refractivity contribution >= 4 is 17.5 Å². The summed E-state index contributed by atoms with van der Waals surface area (Å²) in [5, 5.41) is 2.64. The second-order valence-electron chi connectivity index (χ2n) is 3.91. The maximum absolute atomic E-state index is 11.5. The summed E-state index contributed by atoms with van der Waals surface area (Å²) in [7, 11) is 3.44. The summed E-state index contributed by atoms with van der Waals surface area (Å²) in [6.07, 6.45) is 0.359. The zero-order chi connectivity index (χ0) is 12.8. The summed E-state index contributed by atoms with van der Waals surface area (Å²) in [6.45, 7) is -0.0408. The van der Waals surface area contributed by atoms with Gasteiger partial charge < -0.3 is 16.0 Å². The molecule has 0 atom stereocenters. The van der Waals surface area contributed by atoms with Crippen LogP contribution in [0.25, 0.3) is 0 Å². The van der Waals surface area contributed by atoms with Crippen LogP contribution in [0.5, 0.6) is 0 Å². The Bertz CT molecular complexity index is 399. The minimum Gasteiger partial charge on any atom is -0.349 e. The van der Waals surface area contributed by atoms with Crippen molar-refractivity contribution in [2.75, 3.05) is 26.0 Å². The van der Waals surface area contributed by atoms with Crippen molar-refractivity contribution in [3.63, 3.8) is 0 Å². The van der Waals surface area contributed by atoms with Crippen molar-refractivity contribution in [3.8, 4) is 0 Å². The predicted molar refractivity (Wildman–Crippen MR) is 66.5 cm³/mol. The standard InChI is InChI=1S/C12H17N3O2/c1-15(2)12(17)7-9-3-5-10(6-4-9)14-11(16)8-13/h3-6H,7-8,13H2,1-2H3,(H,14,16). The largest absolute Gasteiger partial charge is 0.349 e. The lowest BCUT2D eigenvalue weighted by atomic mass is 10.1. The number of hydrogen-bond donors (Lipinski definition) is 2. The first-order chi connectivity index (χ1) is 8.02. The van der Waals surface area contributed by atoms with E-state index in [4.69, 9.17) is 5.73 Å². The molecule has 3 N–H and O–H groups in total. The van der Waals surface area contributed by atoms with Gasteiger partial charge >= 0.3 is 0 Å². The highest BCUT2D eigenvalue weighted by molar-refractivity contribution is 5.92. The average molecular weight is 235 g/mol. The van der Waals surface area contributed by atoms with Crippen LogP contribution >= 0.6 is 0 Å². The summed E-state index contributed by atoms with van der Waals surface area (Å²) < 4.78 is 0. The van der Waals surface area contributed by atoms with Crippen molar-refractivity contribution in [1.29, 1.82) is 0 Å². The molecule has 0 fully saturated rings. The molecule has 0 heterocycles. The molecule has 17 heavy (non-hydrogen) atoms. The van der Waals surface area contributed by atoms with Crippen LogP contribution in [0.4, 0.5) is 5.69 Å². The molecular weight excluding hydrogens is 218 g/mol. The number of benzene rings is 1. The van der Waals surface area contributed by atoms with Crippen molar-refractivity contribution in [2.24, 2.45) is 5.73 Å². The van der Waals surface area contributed by atoms with Crippen molar-refractivity contribution in [3.05, 3.63) is 29.8 Å². The molecular formula is C12H17N3O2. The second-order valence-corrected chi connectivity index (χ2v) is 3.91. The third-order valence-electron chi connectivity index (χ3n) is 2.28. The van der Waals surface area contributed by atoms with Crippen LogP contribution < -0.4 is 11.1 Å². The van der Waals surface area contributed by atoms with Crippen LogP contribution in [0.3, 0.4) is 0 Å². The van der Waals surface area contributed by atoms with Crippen molar-refractivity contribution in [1.82, 2.24) is 4.90 Å². The van der Waals surface area contributed by atoms with Gasteiger partial charge in [0.05, 0.1) is 13.0 Å². The van der Waals surface area contributed by atoms with Gasteiger partial charge in [-0.1, -0.05) is 12.1 Å². The topological polar surface area (TPSA) is 75.4 Å². The number of rotatable bonds is 4. The number of likely N-dealkylation sites (N-methyl/N-ethyl adjacent to an activating group) is 1. The number of carbonyl (C=O) groups excluding carboxylic acids is 2. The van der Waals surface area contributed by atoms with E-state index < -0.39 is 0 Å². The summed E-state index contributed by atoms with van der Waals surface area (Å²) in [5.74, 6) is -0.189. The van der Waals surface area contributed by atoms with Gasteiger partial charge in [0.1, 0.15) is 0 Å². The van der Waals surface area contributed by atoms with E-state index in [1.807, 2.05) is 12.1 Å². The molecule has 0 bridgehead atoms. The molecule has 0 aliphatic carbocycles. The van der Waals surface area contributed by atoms with Crippen LogP contribution in [0.15, 0.2) is 24.3 Å². The van der Waals surface area contributed by atoms with E-state index in [0.29, 0.717) is 12.1 Å². The Labute approximate surface area is 101 Å². The highest BCUT2D eigenvalue weighted by atomic mass is 16.2. The number of amides is 2. The van der Waals surface area contributed by atoms with E-state index in [0.717, 1.165) is 5.56 Å². The monoisotopic (exact) mass is 235 g/mol. The highest BCUT2D eigenvalue weighted by Gasteiger charge is 2.05. The van der Waals surface area contributed by atoms with E-state index in [1.165, 1.54) is 0 Å². The Morgan fingerprint density at radius 1 is 1.24 bits per heavy atom. The number of carbonyl (C=O) groups is 2. The summed E-state index contributed by atoms with van der Waals surface area (Å²) in [6, 6.07) is 7.14. The number of nitrogens with two attached hydrogens (primary N) is 1. The Kier molecular flexibility index (Phi) is 4.66. The first-order valence-corrected chi connectivity index (χ1v) is 5.32. The number of hydrogen-bond acceptors (Lipinski definition) is 3. The lowest BCUT2D eigenvalue weighted by Gasteiger charge is -2.10. The zero-order valence-corrected chi connectivity index (χ0v) is 10.1. The molecule has 2 amide bonds. The van der Waals surface area contributed by atoms with Crippen molar-refractivity contribution < 1.29 is 9.59 Å². The van der Waals surface area contributed by atoms with Crippen LogP contribution in [0, 0.1) is 0 Å². The lowest BCUT2D eigenvalue weighted by Crippen LogP contribution is -2.23. The molecule has 1 aromatic rings. The maximum Gasteiger partial charge on any atom is 0.238 e. The van der Waals surface area contributed by atoms with Crippen molar-refractivity contribution in [2.45, 2.75) is 6.42 Å². The molecule has 0 aliphatic heterocycles. The fourth-order valence-corrected chi connectivity index (χ4v) is 1.25. The minimum absolute atomic E-state index is 0.0408. The molecule has 0 aromatic heterocycles. The molecule has 0 unspecified atom stereocenters. The molecule has 1 aromatic carbocycles. The normalized spacial score (nSPS) is 9.82. The van der Waals surface area contributed by atoms with Gasteiger partial charge in [-0.15, -0.1) is 0 Å². The summed E-state index contributed by atoms with van der Waals surface area (Å²) >= 11 is 0. The van der Waals surface area contributed by atoms with Gasteiger partial charge in [0.25, 0.3) is 0 Å². The third kappa shape index (κ3) is 4.24. The fourth-order valence-electron chi connectivity index (χ4n) is 1.25. The minimum atomic E-state index is -0.234. The first kappa shape index (κ1) is 13.2. The molecule has 0 saturated heterocycles. The average Bonchev–Trinajstić information content (AvgIpc) is 2.31.